The Morgan fingerprint density at radius 2 is 1.65 bits per heavy atom. The van der Waals surface area contributed by atoms with Gasteiger partial charge < -0.3 is 4.74 Å². The van der Waals surface area contributed by atoms with Crippen LogP contribution in [0.5, 0.6) is 5.75 Å². The van der Waals surface area contributed by atoms with Crippen LogP contribution in [0.25, 0.3) is 27.6 Å². The standard InChI is InChI=1S/C20H18N3O3/c1-21-18-17(19(24)22(2)20(21)25)15-7-5-4-6-8-16(15)23(18)13-9-11-14(26-3)12-10-13/h4-12H,1-3H3/q+1. The van der Waals surface area contributed by atoms with Crippen LogP contribution in [-0.4, -0.2) is 16.2 Å². The van der Waals surface area contributed by atoms with Gasteiger partial charge in [0.25, 0.3) is 5.65 Å². The third-order valence-corrected chi connectivity index (χ3v) is 4.70. The Hall–Kier alpha value is -3.41. The molecule has 26 heavy (non-hydrogen) atoms. The number of hydrogen-bond acceptors (Lipinski definition) is 3. The second kappa shape index (κ2) is 5.84. The molecule has 0 saturated heterocycles. The van der Waals surface area contributed by atoms with Crippen molar-refractivity contribution in [2.45, 2.75) is 0 Å². The molecule has 2 aromatic heterocycles. The Labute approximate surface area is 149 Å². The minimum Gasteiger partial charge on any atom is -0.497 e. The highest BCUT2D eigenvalue weighted by molar-refractivity contribution is 6.06. The predicted molar refractivity (Wildman–Crippen MR) is 100 cm³/mol. The molecule has 0 aliphatic carbocycles. The second-order valence-electron chi connectivity index (χ2n) is 6.15. The van der Waals surface area contributed by atoms with Crippen LogP contribution in [0.1, 0.15) is 0 Å². The summed E-state index contributed by atoms with van der Waals surface area (Å²) in [6, 6.07) is 17.1. The molecule has 0 amide bonds. The summed E-state index contributed by atoms with van der Waals surface area (Å²) in [5.41, 5.74) is 1.62. The van der Waals surface area contributed by atoms with Crippen molar-refractivity contribution in [3.63, 3.8) is 0 Å². The van der Waals surface area contributed by atoms with Crippen molar-refractivity contribution < 1.29 is 9.30 Å². The molecule has 0 atom stereocenters. The summed E-state index contributed by atoms with van der Waals surface area (Å²) in [6.07, 6.45) is 0. The van der Waals surface area contributed by atoms with E-state index in [1.54, 1.807) is 14.2 Å². The zero-order valence-corrected chi connectivity index (χ0v) is 14.8. The Kier molecular flexibility index (Phi) is 3.61. The maximum Gasteiger partial charge on any atom is 0.445 e. The molecule has 0 unspecified atom stereocenters. The summed E-state index contributed by atoms with van der Waals surface area (Å²) >= 11 is 0. The SMILES string of the molecule is COc1ccc(-n2c3cccccc3c3c(=O)n(C)c(=O)[n+](C)c32)cc1. The van der Waals surface area contributed by atoms with Gasteiger partial charge in [-0.05, 0) is 30.3 Å². The van der Waals surface area contributed by atoms with E-state index in [1.807, 2.05) is 59.2 Å². The average molecular weight is 348 g/mol. The Bertz CT molecular complexity index is 1270. The molecule has 0 fully saturated rings. The first-order valence-corrected chi connectivity index (χ1v) is 8.21. The van der Waals surface area contributed by atoms with E-state index in [0.29, 0.717) is 11.0 Å². The minimum absolute atomic E-state index is 0.299. The maximum atomic E-state index is 12.9. The zero-order chi connectivity index (χ0) is 18.4. The molecular weight excluding hydrogens is 330 g/mol. The lowest BCUT2D eigenvalue weighted by Crippen LogP contribution is -2.55. The van der Waals surface area contributed by atoms with Gasteiger partial charge in [0, 0.05) is 5.39 Å². The third-order valence-electron chi connectivity index (χ3n) is 4.70. The topological polar surface area (TPSA) is 57.1 Å². The van der Waals surface area contributed by atoms with Crippen LogP contribution in [0, 0.1) is 0 Å². The zero-order valence-electron chi connectivity index (χ0n) is 14.8. The average Bonchev–Trinajstić information content (AvgIpc) is 2.80. The summed E-state index contributed by atoms with van der Waals surface area (Å²) in [7, 11) is 4.80. The lowest BCUT2D eigenvalue weighted by molar-refractivity contribution is -0.667. The number of hydrogen-bond donors (Lipinski definition) is 0. The molecule has 0 aliphatic rings. The molecule has 6 heteroatoms. The van der Waals surface area contributed by atoms with Crippen LogP contribution in [0.15, 0.2) is 64.2 Å². The number of aromatic nitrogens is 3. The molecule has 4 rings (SSSR count). The number of fused-ring (bicyclic) bond motifs is 3. The van der Waals surface area contributed by atoms with Gasteiger partial charge in [-0.1, -0.05) is 24.3 Å². The molecule has 0 bridgehead atoms. The van der Waals surface area contributed by atoms with E-state index in [4.69, 9.17) is 4.74 Å². The smallest absolute Gasteiger partial charge is 0.445 e. The van der Waals surface area contributed by atoms with Crippen LogP contribution in [0.2, 0.25) is 0 Å². The van der Waals surface area contributed by atoms with Crippen molar-refractivity contribution >= 4 is 21.9 Å². The number of methoxy groups -OCH3 is 1. The molecule has 2 heterocycles. The molecular formula is C20H18N3O3+. The molecule has 0 radical (unpaired) electrons. The highest BCUT2D eigenvalue weighted by Gasteiger charge is 2.25. The van der Waals surface area contributed by atoms with Gasteiger partial charge in [0.2, 0.25) is 0 Å². The molecule has 0 aliphatic heterocycles. The molecule has 0 saturated carbocycles. The molecule has 0 spiro atoms. The van der Waals surface area contributed by atoms with Gasteiger partial charge >= 0.3 is 11.2 Å². The van der Waals surface area contributed by atoms with Gasteiger partial charge in [-0.3, -0.25) is 0 Å². The van der Waals surface area contributed by atoms with Gasteiger partial charge in [0.05, 0.1) is 21.2 Å². The van der Waals surface area contributed by atoms with Crippen LogP contribution in [0.3, 0.4) is 0 Å². The van der Waals surface area contributed by atoms with Crippen molar-refractivity contribution in [2.24, 2.45) is 14.1 Å². The Morgan fingerprint density at radius 3 is 2.35 bits per heavy atom. The Morgan fingerprint density at radius 1 is 0.962 bits per heavy atom. The summed E-state index contributed by atoms with van der Waals surface area (Å²) in [5, 5.41) is 1.33. The molecule has 130 valence electrons. The number of rotatable bonds is 2. The lowest BCUT2D eigenvalue weighted by Gasteiger charge is -2.05. The highest BCUT2D eigenvalue weighted by atomic mass is 16.5. The second-order valence-corrected chi connectivity index (χ2v) is 6.15. The number of aryl methyl sites for hydroxylation is 1. The summed E-state index contributed by atoms with van der Waals surface area (Å²) in [5.74, 6) is 0.741. The quantitative estimate of drug-likeness (QED) is 0.518. The van der Waals surface area contributed by atoms with Crippen molar-refractivity contribution in [1.82, 2.24) is 9.13 Å². The van der Waals surface area contributed by atoms with E-state index in [0.717, 1.165) is 26.9 Å². The van der Waals surface area contributed by atoms with Crippen molar-refractivity contribution in [2.75, 3.05) is 7.11 Å². The molecule has 6 nitrogen and oxygen atoms in total. The first-order chi connectivity index (χ1) is 12.5. The van der Waals surface area contributed by atoms with Crippen LogP contribution in [0.4, 0.5) is 0 Å². The van der Waals surface area contributed by atoms with Gasteiger partial charge in [-0.25, -0.2) is 14.2 Å². The summed E-state index contributed by atoms with van der Waals surface area (Å²) < 4.78 is 9.83. The predicted octanol–water partition coefficient (Wildman–Crippen LogP) is 1.68. The minimum atomic E-state index is -0.357. The molecule has 0 N–H and O–H groups in total. The van der Waals surface area contributed by atoms with Crippen molar-refractivity contribution in [3.05, 3.63) is 75.4 Å². The van der Waals surface area contributed by atoms with E-state index >= 15 is 0 Å². The lowest BCUT2D eigenvalue weighted by atomic mass is 10.2. The number of nitrogens with zero attached hydrogens (tertiary/aromatic N) is 3. The normalized spacial score (nSPS) is 11.2. The molecule has 4 aromatic rings. The first-order valence-electron chi connectivity index (χ1n) is 8.21. The van der Waals surface area contributed by atoms with Gasteiger partial charge in [-0.2, -0.15) is 9.13 Å². The van der Waals surface area contributed by atoms with E-state index in [9.17, 15) is 9.59 Å². The fourth-order valence-electron chi connectivity index (χ4n) is 3.38. The van der Waals surface area contributed by atoms with E-state index in [-0.39, 0.29) is 11.2 Å². The van der Waals surface area contributed by atoms with E-state index < -0.39 is 0 Å². The summed E-state index contributed by atoms with van der Waals surface area (Å²) in [6.45, 7) is 0. The third kappa shape index (κ3) is 2.15. The Balaban J connectivity index is 2.29. The largest absolute Gasteiger partial charge is 0.497 e. The van der Waals surface area contributed by atoms with Crippen LogP contribution in [-0.2, 0) is 14.1 Å². The van der Waals surface area contributed by atoms with Gasteiger partial charge in [0.1, 0.15) is 22.3 Å². The maximum absolute atomic E-state index is 12.9. The fraction of sp³-hybridized carbons (Fsp3) is 0.150. The van der Waals surface area contributed by atoms with Crippen LogP contribution < -0.4 is 20.6 Å². The van der Waals surface area contributed by atoms with Crippen molar-refractivity contribution in [1.29, 1.82) is 0 Å². The van der Waals surface area contributed by atoms with E-state index in [1.165, 1.54) is 11.6 Å². The summed E-state index contributed by atoms with van der Waals surface area (Å²) in [4.78, 5) is 25.4. The van der Waals surface area contributed by atoms with Crippen LogP contribution >= 0.6 is 0 Å². The highest BCUT2D eigenvalue weighted by Crippen LogP contribution is 2.27. The van der Waals surface area contributed by atoms with Gasteiger partial charge in [-0.15, -0.1) is 0 Å². The number of ether oxygens (including phenoxy) is 1. The fourth-order valence-corrected chi connectivity index (χ4v) is 3.38. The number of benzene rings is 1. The van der Waals surface area contributed by atoms with Gasteiger partial charge in [0.15, 0.2) is 0 Å². The first kappa shape index (κ1) is 16.1. The molecule has 2 aromatic carbocycles. The van der Waals surface area contributed by atoms with Crippen molar-refractivity contribution in [3.8, 4) is 11.4 Å². The monoisotopic (exact) mass is 348 g/mol. The van der Waals surface area contributed by atoms with E-state index in [2.05, 4.69) is 0 Å².